The second-order valence-electron chi connectivity index (χ2n) is 4.93. The van der Waals surface area contributed by atoms with Gasteiger partial charge in [-0.25, -0.2) is 4.79 Å². The summed E-state index contributed by atoms with van der Waals surface area (Å²) in [7, 11) is 1.43. The summed E-state index contributed by atoms with van der Waals surface area (Å²) in [6.07, 6.45) is 0. The molecule has 0 fully saturated rings. The zero-order valence-electron chi connectivity index (χ0n) is 13.1. The van der Waals surface area contributed by atoms with Crippen molar-refractivity contribution in [1.82, 2.24) is 0 Å². The summed E-state index contributed by atoms with van der Waals surface area (Å²) >= 11 is 9.22. The highest BCUT2D eigenvalue weighted by Gasteiger charge is 2.16. The highest BCUT2D eigenvalue weighted by Crippen LogP contribution is 2.23. The molecular weight excluding hydrogens is 398 g/mol. The number of hydrogen-bond donors (Lipinski definition) is 1. The average Bonchev–Trinajstić information content (AvgIpc) is 2.55. The number of aryl methyl sites for hydroxylation is 1. The molecule has 126 valence electrons. The van der Waals surface area contributed by atoms with Crippen LogP contribution in [0.1, 0.15) is 15.9 Å². The monoisotopic (exact) mass is 411 g/mol. The molecular formula is C17H15BrClNO4. The Hall–Kier alpha value is -2.05. The van der Waals surface area contributed by atoms with Gasteiger partial charge in [0.1, 0.15) is 11.3 Å². The lowest BCUT2D eigenvalue weighted by Crippen LogP contribution is -2.21. The molecule has 2 aromatic rings. The van der Waals surface area contributed by atoms with Crippen molar-refractivity contribution in [3.8, 4) is 5.75 Å². The lowest BCUT2D eigenvalue weighted by atomic mass is 10.2. The van der Waals surface area contributed by atoms with Crippen LogP contribution in [0.25, 0.3) is 0 Å². The van der Waals surface area contributed by atoms with Crippen LogP contribution in [-0.4, -0.2) is 25.6 Å². The van der Waals surface area contributed by atoms with E-state index in [4.69, 9.17) is 21.1 Å². The van der Waals surface area contributed by atoms with Crippen molar-refractivity contribution in [2.45, 2.75) is 6.92 Å². The zero-order valence-corrected chi connectivity index (χ0v) is 15.4. The maximum Gasteiger partial charge on any atom is 0.342 e. The van der Waals surface area contributed by atoms with Crippen LogP contribution in [0.15, 0.2) is 40.9 Å². The fourth-order valence-corrected chi connectivity index (χ4v) is 2.65. The third-order valence-corrected chi connectivity index (χ3v) is 3.91. The molecule has 5 nitrogen and oxygen atoms in total. The standard InChI is InChI=1S/C17H15BrClNO4/c1-10-7-11(18)3-5-14(10)20-16(21)9-24-17(22)13-8-12(19)4-6-15(13)23-2/h3-8H,9H2,1-2H3,(H,20,21). The van der Waals surface area contributed by atoms with E-state index in [1.165, 1.54) is 13.2 Å². The van der Waals surface area contributed by atoms with Crippen molar-refractivity contribution in [3.63, 3.8) is 0 Å². The van der Waals surface area contributed by atoms with Crippen LogP contribution in [0.3, 0.4) is 0 Å². The van der Waals surface area contributed by atoms with Crippen molar-refractivity contribution >= 4 is 45.1 Å². The minimum absolute atomic E-state index is 0.164. The van der Waals surface area contributed by atoms with E-state index >= 15 is 0 Å². The minimum Gasteiger partial charge on any atom is -0.496 e. The normalized spacial score (nSPS) is 10.2. The SMILES string of the molecule is COc1ccc(Cl)cc1C(=O)OCC(=O)Nc1ccc(Br)cc1C. The highest BCUT2D eigenvalue weighted by atomic mass is 79.9. The number of carbonyl (C=O) groups is 2. The molecule has 7 heteroatoms. The van der Waals surface area contributed by atoms with Crippen molar-refractivity contribution < 1.29 is 19.1 Å². The van der Waals surface area contributed by atoms with Gasteiger partial charge < -0.3 is 14.8 Å². The molecule has 0 radical (unpaired) electrons. The van der Waals surface area contributed by atoms with E-state index in [0.29, 0.717) is 16.5 Å². The molecule has 0 aromatic heterocycles. The van der Waals surface area contributed by atoms with Gasteiger partial charge in [0.15, 0.2) is 6.61 Å². The predicted octanol–water partition coefficient (Wildman–Crippen LogP) is 4.22. The first kappa shape index (κ1) is 18.3. The average molecular weight is 413 g/mol. The summed E-state index contributed by atoms with van der Waals surface area (Å²) < 4.78 is 11.0. The maximum atomic E-state index is 12.1. The highest BCUT2D eigenvalue weighted by molar-refractivity contribution is 9.10. The van der Waals surface area contributed by atoms with Crippen LogP contribution in [0.2, 0.25) is 5.02 Å². The maximum absolute atomic E-state index is 12.1. The summed E-state index contributed by atoms with van der Waals surface area (Å²) in [6, 6.07) is 10.0. The summed E-state index contributed by atoms with van der Waals surface area (Å²) in [5, 5.41) is 3.06. The smallest absolute Gasteiger partial charge is 0.342 e. The Morgan fingerprint density at radius 1 is 1.21 bits per heavy atom. The van der Waals surface area contributed by atoms with Gasteiger partial charge in [0.2, 0.25) is 0 Å². The summed E-state index contributed by atoms with van der Waals surface area (Å²) in [5.74, 6) is -0.791. The van der Waals surface area contributed by atoms with E-state index in [9.17, 15) is 9.59 Å². The largest absolute Gasteiger partial charge is 0.496 e. The van der Waals surface area contributed by atoms with E-state index in [1.54, 1.807) is 18.2 Å². The Bertz CT molecular complexity index is 779. The van der Waals surface area contributed by atoms with E-state index < -0.39 is 18.5 Å². The van der Waals surface area contributed by atoms with Crippen molar-refractivity contribution in [1.29, 1.82) is 0 Å². The number of rotatable bonds is 5. The van der Waals surface area contributed by atoms with Gasteiger partial charge >= 0.3 is 5.97 Å². The summed E-state index contributed by atoms with van der Waals surface area (Å²) in [6.45, 7) is 1.45. The molecule has 24 heavy (non-hydrogen) atoms. The van der Waals surface area contributed by atoms with Crippen LogP contribution < -0.4 is 10.1 Å². The molecule has 0 saturated heterocycles. The number of ether oxygens (including phenoxy) is 2. The second-order valence-corrected chi connectivity index (χ2v) is 6.28. The fourth-order valence-electron chi connectivity index (χ4n) is 2.00. The van der Waals surface area contributed by atoms with E-state index in [1.807, 2.05) is 19.1 Å². The first-order valence-electron chi connectivity index (χ1n) is 6.97. The van der Waals surface area contributed by atoms with Gasteiger partial charge in [-0.05, 0) is 48.9 Å². The first-order valence-corrected chi connectivity index (χ1v) is 8.14. The Morgan fingerprint density at radius 2 is 1.96 bits per heavy atom. The third kappa shape index (κ3) is 4.72. The van der Waals surface area contributed by atoms with Crippen LogP contribution >= 0.6 is 27.5 Å². The van der Waals surface area contributed by atoms with E-state index in [2.05, 4.69) is 21.2 Å². The number of nitrogens with one attached hydrogen (secondary N) is 1. The lowest BCUT2D eigenvalue weighted by molar-refractivity contribution is -0.119. The van der Waals surface area contributed by atoms with Gasteiger partial charge in [0.05, 0.1) is 7.11 Å². The van der Waals surface area contributed by atoms with E-state index in [0.717, 1.165) is 10.0 Å². The number of esters is 1. The Morgan fingerprint density at radius 3 is 2.62 bits per heavy atom. The molecule has 0 aliphatic carbocycles. The molecule has 0 heterocycles. The van der Waals surface area contributed by atoms with Gasteiger partial charge in [-0.2, -0.15) is 0 Å². The number of methoxy groups -OCH3 is 1. The predicted molar refractivity (Wildman–Crippen MR) is 95.8 cm³/mol. The molecule has 0 atom stereocenters. The number of halogens is 2. The van der Waals surface area contributed by atoms with E-state index in [-0.39, 0.29) is 5.56 Å². The summed E-state index contributed by atoms with van der Waals surface area (Å²) in [5.41, 5.74) is 1.71. The minimum atomic E-state index is -0.683. The topological polar surface area (TPSA) is 64.6 Å². The molecule has 0 saturated carbocycles. The number of hydrogen-bond acceptors (Lipinski definition) is 4. The molecule has 0 aliphatic heterocycles. The Kier molecular flexibility index (Phi) is 6.23. The quantitative estimate of drug-likeness (QED) is 0.747. The van der Waals surface area contributed by atoms with Crippen LogP contribution in [-0.2, 0) is 9.53 Å². The third-order valence-electron chi connectivity index (χ3n) is 3.18. The first-order chi connectivity index (χ1) is 11.4. The molecule has 2 rings (SSSR count). The van der Waals surface area contributed by atoms with Crippen LogP contribution in [0.5, 0.6) is 5.75 Å². The molecule has 0 bridgehead atoms. The van der Waals surface area contributed by atoms with Gasteiger partial charge in [0.25, 0.3) is 5.91 Å². The Balaban J connectivity index is 1.99. The molecule has 1 N–H and O–H groups in total. The lowest BCUT2D eigenvalue weighted by Gasteiger charge is -2.11. The number of carbonyl (C=O) groups excluding carboxylic acids is 2. The van der Waals surface area contributed by atoms with Crippen molar-refractivity contribution in [2.75, 3.05) is 19.0 Å². The molecule has 0 unspecified atom stereocenters. The van der Waals surface area contributed by atoms with Gasteiger partial charge in [0, 0.05) is 15.2 Å². The van der Waals surface area contributed by atoms with Gasteiger partial charge in [-0.3, -0.25) is 4.79 Å². The molecule has 0 aliphatic rings. The van der Waals surface area contributed by atoms with Crippen molar-refractivity contribution in [3.05, 3.63) is 57.0 Å². The molecule has 1 amide bonds. The second kappa shape index (κ2) is 8.17. The van der Waals surface area contributed by atoms with Crippen LogP contribution in [0.4, 0.5) is 5.69 Å². The zero-order chi connectivity index (χ0) is 17.7. The Labute approximate surface area is 153 Å². The van der Waals surface area contributed by atoms with Crippen molar-refractivity contribution in [2.24, 2.45) is 0 Å². The molecule has 0 spiro atoms. The fraction of sp³-hybridized carbons (Fsp3) is 0.176. The van der Waals surface area contributed by atoms with Gasteiger partial charge in [-0.15, -0.1) is 0 Å². The number of benzene rings is 2. The summed E-state index contributed by atoms with van der Waals surface area (Å²) in [4.78, 5) is 24.0. The number of amides is 1. The molecule has 2 aromatic carbocycles. The number of anilines is 1. The van der Waals surface area contributed by atoms with Crippen LogP contribution in [0, 0.1) is 6.92 Å². The van der Waals surface area contributed by atoms with Gasteiger partial charge in [-0.1, -0.05) is 27.5 Å².